The normalized spacial score (nSPS) is 10.6. The Hall–Kier alpha value is -3.13. The first-order chi connectivity index (χ1) is 17.6. The van der Waals surface area contributed by atoms with Crippen molar-refractivity contribution in [2.45, 2.75) is 96.8 Å². The molecule has 0 atom stereocenters. The number of rotatable bonds is 18. The van der Waals surface area contributed by atoms with Gasteiger partial charge < -0.3 is 9.47 Å². The first-order valence-electron chi connectivity index (χ1n) is 13.6. The van der Waals surface area contributed by atoms with E-state index >= 15 is 0 Å². The monoisotopic (exact) mass is 491 g/mol. The highest BCUT2D eigenvalue weighted by Crippen LogP contribution is 2.16. The highest BCUT2D eigenvalue weighted by molar-refractivity contribution is 5.91. The minimum atomic E-state index is -0.629. The van der Waals surface area contributed by atoms with E-state index in [0.717, 1.165) is 6.42 Å². The van der Waals surface area contributed by atoms with Gasteiger partial charge in [-0.2, -0.15) is 5.26 Å². The number of hydrogen-bond donors (Lipinski definition) is 0. The Bertz CT molecular complexity index is 995. The number of esters is 1. The lowest BCUT2D eigenvalue weighted by atomic mass is 10.0. The number of hydrogen-bond acceptors (Lipinski definition) is 5. The number of unbranched alkanes of at least 4 members (excludes halogenated alkanes) is 13. The van der Waals surface area contributed by atoms with Crippen LogP contribution in [0.3, 0.4) is 0 Å². The van der Waals surface area contributed by atoms with Crippen LogP contribution in [0.1, 0.15) is 113 Å². The Morgan fingerprint density at radius 3 is 1.81 bits per heavy atom. The molecule has 0 saturated heterocycles. The van der Waals surface area contributed by atoms with E-state index in [-0.39, 0.29) is 5.75 Å². The van der Waals surface area contributed by atoms with Gasteiger partial charge in [-0.05, 0) is 55.0 Å². The molecule has 0 aromatic heterocycles. The Kier molecular flexibility index (Phi) is 14.7. The van der Waals surface area contributed by atoms with Gasteiger partial charge in [0.25, 0.3) is 0 Å². The summed E-state index contributed by atoms with van der Waals surface area (Å²) < 4.78 is 11.0. The summed E-state index contributed by atoms with van der Waals surface area (Å²) in [5, 5.41) is 8.93. The molecule has 0 aliphatic rings. The summed E-state index contributed by atoms with van der Waals surface area (Å²) in [5.41, 5.74) is 0.179. The van der Waals surface area contributed by atoms with Crippen LogP contribution in [0.5, 0.6) is 11.5 Å². The van der Waals surface area contributed by atoms with Gasteiger partial charge in [-0.25, -0.2) is 4.79 Å². The zero-order valence-electron chi connectivity index (χ0n) is 21.8. The van der Waals surface area contributed by atoms with Gasteiger partial charge in [0, 0.05) is 0 Å². The largest absolute Gasteiger partial charge is 0.494 e. The molecule has 0 bridgehead atoms. The van der Waals surface area contributed by atoms with Gasteiger partial charge in [-0.1, -0.05) is 90.4 Å². The molecule has 0 amide bonds. The first-order valence-corrected chi connectivity index (χ1v) is 13.6. The molecule has 0 unspecified atom stereocenters. The van der Waals surface area contributed by atoms with E-state index < -0.39 is 11.4 Å². The maximum absolute atomic E-state index is 12.4. The third-order valence-electron chi connectivity index (χ3n) is 6.26. The van der Waals surface area contributed by atoms with Crippen molar-refractivity contribution in [2.24, 2.45) is 0 Å². The van der Waals surface area contributed by atoms with Crippen LogP contribution in [0.15, 0.2) is 53.3 Å². The third-order valence-corrected chi connectivity index (χ3v) is 6.26. The summed E-state index contributed by atoms with van der Waals surface area (Å²) in [6.07, 6.45) is 18.6. The fourth-order valence-corrected chi connectivity index (χ4v) is 4.04. The molecule has 0 heterocycles. The fraction of sp³-hybridized carbons (Fsp3) is 0.516. The molecule has 5 nitrogen and oxygen atoms in total. The van der Waals surface area contributed by atoms with E-state index in [1.165, 1.54) is 108 Å². The van der Waals surface area contributed by atoms with E-state index in [1.54, 1.807) is 24.3 Å². The van der Waals surface area contributed by atoms with Crippen molar-refractivity contribution in [3.8, 4) is 17.6 Å². The molecule has 0 spiro atoms. The lowest BCUT2D eigenvalue weighted by Gasteiger charge is -2.07. The SMILES string of the molecule is CCCCCCCCCCCCCCCCOc1ccc(C(=O)Oc2ccc(C#N)ccc2=O)cc1. The summed E-state index contributed by atoms with van der Waals surface area (Å²) in [6, 6.07) is 14.1. The van der Waals surface area contributed by atoms with E-state index in [4.69, 9.17) is 14.7 Å². The molecule has 0 N–H and O–H groups in total. The fourth-order valence-electron chi connectivity index (χ4n) is 4.04. The molecule has 5 heteroatoms. The Morgan fingerprint density at radius 1 is 0.722 bits per heavy atom. The second kappa shape index (κ2) is 18.2. The van der Waals surface area contributed by atoms with Crippen LogP contribution < -0.4 is 14.9 Å². The maximum Gasteiger partial charge on any atom is 0.343 e. The smallest absolute Gasteiger partial charge is 0.343 e. The predicted molar refractivity (Wildman–Crippen MR) is 145 cm³/mol. The Morgan fingerprint density at radius 2 is 1.25 bits per heavy atom. The van der Waals surface area contributed by atoms with Gasteiger partial charge >= 0.3 is 5.97 Å². The molecule has 0 aliphatic heterocycles. The van der Waals surface area contributed by atoms with Gasteiger partial charge in [0.05, 0.1) is 23.8 Å². The highest BCUT2D eigenvalue weighted by Gasteiger charge is 2.11. The molecule has 0 fully saturated rings. The minimum absolute atomic E-state index is 0.111. The van der Waals surface area contributed by atoms with E-state index in [9.17, 15) is 9.59 Å². The molecule has 2 rings (SSSR count). The van der Waals surface area contributed by atoms with E-state index in [0.29, 0.717) is 23.5 Å². The molecule has 0 radical (unpaired) electrons. The predicted octanol–water partition coefficient (Wildman–Crippen LogP) is 8.00. The van der Waals surface area contributed by atoms with Gasteiger partial charge in [-0.3, -0.25) is 4.79 Å². The van der Waals surface area contributed by atoms with Crippen molar-refractivity contribution in [3.63, 3.8) is 0 Å². The second-order valence-corrected chi connectivity index (χ2v) is 9.32. The van der Waals surface area contributed by atoms with Crippen LogP contribution in [-0.4, -0.2) is 12.6 Å². The van der Waals surface area contributed by atoms with Crippen LogP contribution >= 0.6 is 0 Å². The summed E-state index contributed by atoms with van der Waals surface area (Å²) in [4.78, 5) is 24.4. The van der Waals surface area contributed by atoms with Crippen molar-refractivity contribution in [2.75, 3.05) is 6.61 Å². The van der Waals surface area contributed by atoms with Crippen molar-refractivity contribution in [3.05, 3.63) is 69.9 Å². The number of nitriles is 1. The number of carbonyl (C=O) groups is 1. The quantitative estimate of drug-likeness (QED) is 0.156. The van der Waals surface area contributed by atoms with Crippen LogP contribution in [-0.2, 0) is 0 Å². The molecule has 0 saturated carbocycles. The topological polar surface area (TPSA) is 76.4 Å². The Balaban J connectivity index is 1.54. The molecule has 194 valence electrons. The third kappa shape index (κ3) is 12.0. The van der Waals surface area contributed by atoms with Crippen molar-refractivity contribution in [1.82, 2.24) is 0 Å². The number of nitrogens with zero attached hydrogens (tertiary/aromatic N) is 1. The van der Waals surface area contributed by atoms with Crippen molar-refractivity contribution in [1.29, 1.82) is 5.26 Å². The lowest BCUT2D eigenvalue weighted by molar-refractivity contribution is 0.0733. The Labute approximate surface area is 216 Å². The van der Waals surface area contributed by atoms with Crippen LogP contribution in [0.25, 0.3) is 0 Å². The highest BCUT2D eigenvalue weighted by atomic mass is 16.5. The number of ether oxygens (including phenoxy) is 2. The van der Waals surface area contributed by atoms with Gasteiger partial charge in [0.1, 0.15) is 5.75 Å². The van der Waals surface area contributed by atoms with E-state index in [1.807, 2.05) is 6.07 Å². The van der Waals surface area contributed by atoms with Crippen molar-refractivity contribution < 1.29 is 14.3 Å². The van der Waals surface area contributed by atoms with Crippen molar-refractivity contribution >= 4 is 5.97 Å². The molecule has 36 heavy (non-hydrogen) atoms. The zero-order chi connectivity index (χ0) is 25.8. The van der Waals surface area contributed by atoms with E-state index in [2.05, 4.69) is 6.92 Å². The standard InChI is InChI=1S/C31H41NO4/c1-2-3-4-5-6-7-8-9-10-11-12-13-14-15-24-35-28-20-18-27(19-21-28)31(34)36-30-23-17-26(25-32)16-22-29(30)33/h16-23H,2-15,24H2,1H3. The van der Waals surface area contributed by atoms with Crippen LogP contribution in [0.4, 0.5) is 0 Å². The summed E-state index contributed by atoms with van der Waals surface area (Å²) in [5.74, 6) is -0.0366. The average Bonchev–Trinajstić information content (AvgIpc) is 3.07. The zero-order valence-corrected chi connectivity index (χ0v) is 21.8. The molecular formula is C31H41NO4. The molecule has 2 aromatic rings. The lowest BCUT2D eigenvalue weighted by Crippen LogP contribution is -2.13. The molecular weight excluding hydrogens is 450 g/mol. The maximum atomic E-state index is 12.4. The first kappa shape index (κ1) is 29.1. The minimum Gasteiger partial charge on any atom is -0.494 e. The van der Waals surface area contributed by atoms with Gasteiger partial charge in [0.2, 0.25) is 5.43 Å². The van der Waals surface area contributed by atoms with Gasteiger partial charge in [0.15, 0.2) is 5.75 Å². The second-order valence-electron chi connectivity index (χ2n) is 9.32. The average molecular weight is 492 g/mol. The summed E-state index contributed by atoms with van der Waals surface area (Å²) >= 11 is 0. The van der Waals surface area contributed by atoms with Crippen LogP contribution in [0.2, 0.25) is 0 Å². The van der Waals surface area contributed by atoms with Crippen LogP contribution in [0, 0.1) is 11.3 Å². The molecule has 2 aromatic carbocycles. The number of benzene rings is 1. The molecule has 0 aliphatic carbocycles. The number of carbonyl (C=O) groups excluding carboxylic acids is 1. The summed E-state index contributed by atoms with van der Waals surface area (Å²) in [6.45, 7) is 2.92. The summed E-state index contributed by atoms with van der Waals surface area (Å²) in [7, 11) is 0. The van der Waals surface area contributed by atoms with Gasteiger partial charge in [-0.15, -0.1) is 0 Å².